The average Bonchev–Trinajstić information content (AvgIpc) is 2.57. The van der Waals surface area contributed by atoms with Crippen molar-refractivity contribution in [1.29, 1.82) is 0 Å². The number of carbonyl (C=O) groups excluding carboxylic acids is 2. The van der Waals surface area contributed by atoms with Gasteiger partial charge in [0.1, 0.15) is 5.60 Å². The molecular formula is C20H30ClN3O3. The second-order valence-corrected chi connectivity index (χ2v) is 8.56. The van der Waals surface area contributed by atoms with Gasteiger partial charge in [-0.05, 0) is 64.2 Å². The normalized spacial score (nSPS) is 17.4. The average molecular weight is 396 g/mol. The molecule has 0 aliphatic carbocycles. The van der Waals surface area contributed by atoms with Gasteiger partial charge in [-0.2, -0.15) is 0 Å². The van der Waals surface area contributed by atoms with Gasteiger partial charge in [-0.1, -0.05) is 17.7 Å². The van der Waals surface area contributed by atoms with E-state index in [1.165, 1.54) is 0 Å². The van der Waals surface area contributed by atoms with Gasteiger partial charge >= 0.3 is 12.1 Å². The number of nitrogens with one attached hydrogen (secondary N) is 1. The molecule has 7 heteroatoms. The number of carbonyl (C=O) groups is 2. The lowest BCUT2D eigenvalue weighted by molar-refractivity contribution is 0.0253. The van der Waals surface area contributed by atoms with Crippen molar-refractivity contribution in [3.63, 3.8) is 0 Å². The van der Waals surface area contributed by atoms with Crippen LogP contribution in [0.15, 0.2) is 18.2 Å². The van der Waals surface area contributed by atoms with Crippen LogP contribution in [0.4, 0.5) is 15.3 Å². The van der Waals surface area contributed by atoms with Crippen molar-refractivity contribution < 1.29 is 14.3 Å². The molecule has 3 amide bonds. The van der Waals surface area contributed by atoms with E-state index >= 15 is 0 Å². The molecular weight excluding hydrogens is 366 g/mol. The number of likely N-dealkylation sites (tertiary alicyclic amines) is 1. The van der Waals surface area contributed by atoms with Gasteiger partial charge in [-0.3, -0.25) is 0 Å². The number of rotatable bonds is 3. The quantitative estimate of drug-likeness (QED) is 0.802. The standard InChI is InChI=1S/C20H30ClN3O3/c1-14-16(21)9-6-10-17(14)22-18(25)24-11-7-8-15(13-24)12-23(5)19(26)27-20(2,3)4/h6,9-10,15H,7-8,11-13H2,1-5H3,(H,22,25)/t15-/m0/s1. The summed E-state index contributed by atoms with van der Waals surface area (Å²) >= 11 is 6.12. The Kier molecular flexibility index (Phi) is 6.98. The molecule has 1 aromatic rings. The van der Waals surface area contributed by atoms with E-state index in [9.17, 15) is 9.59 Å². The maximum atomic E-state index is 12.7. The molecule has 1 aliphatic heterocycles. The van der Waals surface area contributed by atoms with Gasteiger partial charge in [0.15, 0.2) is 0 Å². The molecule has 6 nitrogen and oxygen atoms in total. The fourth-order valence-electron chi connectivity index (χ4n) is 3.14. The monoisotopic (exact) mass is 395 g/mol. The highest BCUT2D eigenvalue weighted by molar-refractivity contribution is 6.31. The predicted octanol–water partition coefficient (Wildman–Crippen LogP) is 4.76. The second-order valence-electron chi connectivity index (χ2n) is 8.16. The lowest BCUT2D eigenvalue weighted by Crippen LogP contribution is -2.46. The van der Waals surface area contributed by atoms with E-state index in [-0.39, 0.29) is 18.0 Å². The molecule has 1 atom stereocenters. The molecule has 0 unspecified atom stereocenters. The van der Waals surface area contributed by atoms with Crippen LogP contribution in [0.3, 0.4) is 0 Å². The zero-order chi connectivity index (χ0) is 20.2. The number of anilines is 1. The van der Waals surface area contributed by atoms with E-state index in [2.05, 4.69) is 5.32 Å². The van der Waals surface area contributed by atoms with E-state index in [1.54, 1.807) is 22.9 Å². The van der Waals surface area contributed by atoms with Crippen molar-refractivity contribution in [2.45, 2.75) is 46.1 Å². The van der Waals surface area contributed by atoms with Gasteiger partial charge in [0.05, 0.1) is 0 Å². The summed E-state index contributed by atoms with van der Waals surface area (Å²) in [5.74, 6) is 0.225. The number of urea groups is 1. The second kappa shape index (κ2) is 8.83. The summed E-state index contributed by atoms with van der Waals surface area (Å²) in [4.78, 5) is 28.2. The Morgan fingerprint density at radius 1 is 1.37 bits per heavy atom. The van der Waals surface area contributed by atoms with Crippen molar-refractivity contribution in [3.05, 3.63) is 28.8 Å². The molecule has 0 bridgehead atoms. The fourth-order valence-corrected chi connectivity index (χ4v) is 3.31. The first-order valence-electron chi connectivity index (χ1n) is 9.32. The molecule has 1 aromatic carbocycles. The maximum Gasteiger partial charge on any atom is 0.410 e. The molecule has 1 fully saturated rings. The minimum atomic E-state index is -0.515. The number of nitrogens with zero attached hydrogens (tertiary/aromatic N) is 2. The van der Waals surface area contributed by atoms with E-state index < -0.39 is 5.60 Å². The molecule has 0 aromatic heterocycles. The zero-order valence-electron chi connectivity index (χ0n) is 16.8. The first kappa shape index (κ1) is 21.4. The van der Waals surface area contributed by atoms with Gasteiger partial charge < -0.3 is 19.9 Å². The molecule has 0 radical (unpaired) electrons. The Bertz CT molecular complexity index is 688. The third kappa shape index (κ3) is 6.31. The summed E-state index contributed by atoms with van der Waals surface area (Å²) in [6.45, 7) is 9.31. The molecule has 2 rings (SSSR count). The first-order valence-corrected chi connectivity index (χ1v) is 9.70. The molecule has 0 saturated carbocycles. The molecule has 1 saturated heterocycles. The summed E-state index contributed by atoms with van der Waals surface area (Å²) in [6.07, 6.45) is 1.56. The van der Waals surface area contributed by atoms with Gasteiger partial charge in [0.2, 0.25) is 0 Å². The topological polar surface area (TPSA) is 61.9 Å². The molecule has 0 spiro atoms. The molecule has 1 heterocycles. The van der Waals surface area contributed by atoms with Crippen LogP contribution in [0.2, 0.25) is 5.02 Å². The highest BCUT2D eigenvalue weighted by atomic mass is 35.5. The number of benzene rings is 1. The fraction of sp³-hybridized carbons (Fsp3) is 0.600. The highest BCUT2D eigenvalue weighted by Crippen LogP contribution is 2.24. The van der Waals surface area contributed by atoms with Crippen LogP contribution < -0.4 is 5.32 Å². The van der Waals surface area contributed by atoms with Gasteiger partial charge in [0.25, 0.3) is 0 Å². The third-order valence-electron chi connectivity index (χ3n) is 4.55. The molecule has 1 N–H and O–H groups in total. The highest BCUT2D eigenvalue weighted by Gasteiger charge is 2.27. The van der Waals surface area contributed by atoms with Crippen molar-refractivity contribution in [3.8, 4) is 0 Å². The Balaban J connectivity index is 1.92. The number of piperidine rings is 1. The van der Waals surface area contributed by atoms with Gasteiger partial charge in [-0.25, -0.2) is 9.59 Å². The van der Waals surface area contributed by atoms with Gasteiger partial charge in [0, 0.05) is 37.4 Å². The molecule has 1 aliphatic rings. The number of hydrogen-bond acceptors (Lipinski definition) is 3. The van der Waals surface area contributed by atoms with E-state index in [4.69, 9.17) is 16.3 Å². The first-order chi connectivity index (χ1) is 12.6. The zero-order valence-corrected chi connectivity index (χ0v) is 17.6. The Morgan fingerprint density at radius 3 is 2.74 bits per heavy atom. The predicted molar refractivity (Wildman–Crippen MR) is 108 cm³/mol. The van der Waals surface area contributed by atoms with Crippen LogP contribution in [0.5, 0.6) is 0 Å². The number of hydrogen-bond donors (Lipinski definition) is 1. The summed E-state index contributed by atoms with van der Waals surface area (Å²) in [7, 11) is 1.74. The SMILES string of the molecule is Cc1c(Cl)cccc1NC(=O)N1CCC[C@@H](CN(C)C(=O)OC(C)(C)C)C1. The number of ether oxygens (including phenoxy) is 1. The van der Waals surface area contributed by atoms with Crippen LogP contribution in [0, 0.1) is 12.8 Å². The van der Waals surface area contributed by atoms with Crippen molar-refractivity contribution in [2.75, 3.05) is 32.0 Å². The Labute approximate surface area is 166 Å². The van der Waals surface area contributed by atoms with E-state index in [1.807, 2.05) is 39.8 Å². The van der Waals surface area contributed by atoms with Crippen LogP contribution >= 0.6 is 11.6 Å². The van der Waals surface area contributed by atoms with Crippen molar-refractivity contribution in [1.82, 2.24) is 9.80 Å². The van der Waals surface area contributed by atoms with Crippen molar-refractivity contribution in [2.24, 2.45) is 5.92 Å². The minimum absolute atomic E-state index is 0.134. The van der Waals surface area contributed by atoms with E-state index in [0.29, 0.717) is 24.7 Å². The Morgan fingerprint density at radius 2 is 2.07 bits per heavy atom. The largest absolute Gasteiger partial charge is 0.444 e. The minimum Gasteiger partial charge on any atom is -0.444 e. The molecule has 150 valence electrons. The van der Waals surface area contributed by atoms with Crippen LogP contribution in [0.1, 0.15) is 39.2 Å². The van der Waals surface area contributed by atoms with E-state index in [0.717, 1.165) is 24.1 Å². The van der Waals surface area contributed by atoms with Crippen LogP contribution in [-0.4, -0.2) is 54.2 Å². The number of amides is 3. The third-order valence-corrected chi connectivity index (χ3v) is 4.96. The van der Waals surface area contributed by atoms with Crippen LogP contribution in [0.25, 0.3) is 0 Å². The Hall–Kier alpha value is -1.95. The lowest BCUT2D eigenvalue weighted by atomic mass is 9.98. The summed E-state index contributed by atoms with van der Waals surface area (Å²) in [5.41, 5.74) is 1.06. The summed E-state index contributed by atoms with van der Waals surface area (Å²) in [6, 6.07) is 5.33. The van der Waals surface area contributed by atoms with Crippen LogP contribution in [-0.2, 0) is 4.74 Å². The molecule has 27 heavy (non-hydrogen) atoms. The summed E-state index contributed by atoms with van der Waals surface area (Å²) in [5, 5.41) is 3.57. The summed E-state index contributed by atoms with van der Waals surface area (Å²) < 4.78 is 5.40. The smallest absolute Gasteiger partial charge is 0.410 e. The van der Waals surface area contributed by atoms with Crippen molar-refractivity contribution >= 4 is 29.4 Å². The number of halogens is 1. The lowest BCUT2D eigenvalue weighted by Gasteiger charge is -2.35. The maximum absolute atomic E-state index is 12.7. The van der Waals surface area contributed by atoms with Gasteiger partial charge in [-0.15, -0.1) is 0 Å².